The number of carboxylic acids is 1. The van der Waals surface area contributed by atoms with Gasteiger partial charge in [-0.15, -0.1) is 11.8 Å². The summed E-state index contributed by atoms with van der Waals surface area (Å²) in [5.41, 5.74) is 0.0212. The summed E-state index contributed by atoms with van der Waals surface area (Å²) in [6.45, 7) is 2.18. The van der Waals surface area contributed by atoms with Gasteiger partial charge >= 0.3 is 5.97 Å². The predicted octanol–water partition coefficient (Wildman–Crippen LogP) is 7.30. The normalized spacial score (nSPS) is 16.7. The van der Waals surface area contributed by atoms with Crippen molar-refractivity contribution < 1.29 is 19.0 Å². The number of halogens is 3. The first kappa shape index (κ1) is 27.0. The number of rotatable bonds is 10. The Labute approximate surface area is 224 Å². The average molecular weight is 552 g/mol. The van der Waals surface area contributed by atoms with Gasteiger partial charge in [0.15, 0.2) is 0 Å². The highest BCUT2D eigenvalue weighted by molar-refractivity contribution is 7.99. The van der Waals surface area contributed by atoms with Crippen LogP contribution in [0.15, 0.2) is 53.6 Å². The molecule has 3 aromatic rings. The molecule has 0 amide bonds. The van der Waals surface area contributed by atoms with Crippen LogP contribution in [0.4, 0.5) is 4.39 Å². The van der Waals surface area contributed by atoms with Crippen LogP contribution in [0.3, 0.4) is 0 Å². The fraction of sp³-hybridized carbons (Fsp3) is 0.407. The quantitative estimate of drug-likeness (QED) is 0.267. The smallest absolute Gasteiger partial charge is 0.309 e. The SMILES string of the molecule is COc1ccc2ncc(Cl)c(C(F)CCC3(C(=O)O)CCN(CCSc4ccccc4Cl)CC3)c2c1. The monoisotopic (exact) mass is 550 g/mol. The zero-order chi connectivity index (χ0) is 25.7. The first-order chi connectivity index (χ1) is 17.3. The lowest BCUT2D eigenvalue weighted by Crippen LogP contribution is -2.45. The number of benzene rings is 2. The van der Waals surface area contributed by atoms with Gasteiger partial charge < -0.3 is 14.7 Å². The van der Waals surface area contributed by atoms with Gasteiger partial charge in [0.25, 0.3) is 0 Å². The minimum atomic E-state index is -1.41. The molecule has 1 aliphatic heterocycles. The highest BCUT2D eigenvalue weighted by atomic mass is 35.5. The number of nitrogens with zero attached hydrogens (tertiary/aromatic N) is 2. The van der Waals surface area contributed by atoms with E-state index < -0.39 is 17.6 Å². The number of aliphatic carboxylic acids is 1. The van der Waals surface area contributed by atoms with Gasteiger partial charge in [-0.05, 0) is 69.1 Å². The van der Waals surface area contributed by atoms with Crippen molar-refractivity contribution in [2.45, 2.75) is 36.8 Å². The zero-order valence-corrected chi connectivity index (χ0v) is 22.4. The van der Waals surface area contributed by atoms with Gasteiger partial charge in [-0.3, -0.25) is 9.78 Å². The lowest BCUT2D eigenvalue weighted by molar-refractivity contribution is -0.153. The Morgan fingerprint density at radius 2 is 1.97 bits per heavy atom. The van der Waals surface area contributed by atoms with E-state index in [0.29, 0.717) is 48.1 Å². The van der Waals surface area contributed by atoms with Crippen molar-refractivity contribution in [1.29, 1.82) is 0 Å². The van der Waals surface area contributed by atoms with E-state index in [0.717, 1.165) is 22.2 Å². The van der Waals surface area contributed by atoms with E-state index in [9.17, 15) is 9.90 Å². The Morgan fingerprint density at radius 3 is 2.67 bits per heavy atom. The number of ether oxygens (including phenoxy) is 1. The molecule has 1 fully saturated rings. The summed E-state index contributed by atoms with van der Waals surface area (Å²) in [6.07, 6.45) is 1.34. The van der Waals surface area contributed by atoms with Crippen LogP contribution < -0.4 is 4.74 Å². The van der Waals surface area contributed by atoms with Crippen LogP contribution in [0.25, 0.3) is 10.9 Å². The Kier molecular flexibility index (Phi) is 8.99. The molecule has 0 aliphatic carbocycles. The molecule has 1 unspecified atom stereocenters. The molecule has 2 heterocycles. The molecule has 2 aromatic carbocycles. The second-order valence-electron chi connectivity index (χ2n) is 9.12. The number of hydrogen-bond donors (Lipinski definition) is 1. The number of carboxylic acid groups (broad SMARTS) is 1. The van der Waals surface area contributed by atoms with Crippen molar-refractivity contribution in [1.82, 2.24) is 9.88 Å². The van der Waals surface area contributed by atoms with Gasteiger partial charge in [0.1, 0.15) is 11.9 Å². The van der Waals surface area contributed by atoms with Crippen molar-refractivity contribution in [3.8, 4) is 5.75 Å². The minimum absolute atomic E-state index is 0.0741. The molecule has 9 heteroatoms. The van der Waals surface area contributed by atoms with Crippen LogP contribution in [0.5, 0.6) is 5.75 Å². The summed E-state index contributed by atoms with van der Waals surface area (Å²) in [5, 5.41) is 11.7. The Morgan fingerprint density at radius 1 is 1.22 bits per heavy atom. The molecule has 1 aliphatic rings. The molecule has 0 bridgehead atoms. The van der Waals surface area contributed by atoms with E-state index >= 15 is 4.39 Å². The third-order valence-electron chi connectivity index (χ3n) is 7.03. The van der Waals surface area contributed by atoms with Gasteiger partial charge in [-0.2, -0.15) is 0 Å². The second-order valence-corrected chi connectivity index (χ2v) is 11.1. The first-order valence-corrected chi connectivity index (χ1v) is 13.7. The molecule has 5 nitrogen and oxygen atoms in total. The molecule has 1 atom stereocenters. The summed E-state index contributed by atoms with van der Waals surface area (Å²) >= 11 is 14.3. The van der Waals surface area contributed by atoms with E-state index in [1.54, 1.807) is 37.1 Å². The molecular formula is C27H29Cl2FN2O3S. The van der Waals surface area contributed by atoms with Crippen molar-refractivity contribution in [2.75, 3.05) is 32.5 Å². The summed E-state index contributed by atoms with van der Waals surface area (Å²) in [4.78, 5) is 19.9. The zero-order valence-electron chi connectivity index (χ0n) is 20.1. The highest BCUT2D eigenvalue weighted by Crippen LogP contribution is 2.42. The average Bonchev–Trinajstić information content (AvgIpc) is 2.88. The van der Waals surface area contributed by atoms with Gasteiger partial charge in [0.2, 0.25) is 0 Å². The van der Waals surface area contributed by atoms with Crippen LogP contribution in [-0.4, -0.2) is 53.5 Å². The molecule has 0 spiro atoms. The molecule has 1 N–H and O–H groups in total. The maximum absolute atomic E-state index is 15.6. The maximum Gasteiger partial charge on any atom is 0.309 e. The Hall–Kier alpha value is -2.06. The third kappa shape index (κ3) is 6.08. The van der Waals surface area contributed by atoms with E-state index in [2.05, 4.69) is 9.88 Å². The number of piperidine rings is 1. The number of pyridine rings is 1. The summed E-state index contributed by atoms with van der Waals surface area (Å²) in [5.74, 6) is 0.599. The molecule has 4 rings (SSSR count). The molecule has 1 saturated heterocycles. The summed E-state index contributed by atoms with van der Waals surface area (Å²) in [7, 11) is 1.55. The van der Waals surface area contributed by atoms with Gasteiger partial charge in [0, 0.05) is 34.3 Å². The van der Waals surface area contributed by atoms with Gasteiger partial charge in [-0.1, -0.05) is 35.3 Å². The predicted molar refractivity (Wildman–Crippen MR) is 144 cm³/mol. The third-order valence-corrected chi connectivity index (χ3v) is 8.82. The lowest BCUT2D eigenvalue weighted by Gasteiger charge is -2.39. The van der Waals surface area contributed by atoms with Crippen LogP contribution >= 0.6 is 35.0 Å². The fourth-order valence-corrected chi connectivity index (χ4v) is 6.30. The van der Waals surface area contributed by atoms with E-state index in [4.69, 9.17) is 27.9 Å². The van der Waals surface area contributed by atoms with Crippen LogP contribution in [0.2, 0.25) is 10.0 Å². The number of methoxy groups -OCH3 is 1. The number of aromatic nitrogens is 1. The highest BCUT2D eigenvalue weighted by Gasteiger charge is 2.41. The Balaban J connectivity index is 1.38. The largest absolute Gasteiger partial charge is 0.497 e. The standard InChI is InChI=1S/C27H29Cl2FN2O3S/c1-35-18-6-7-23-19(16-18)25(21(29)17-31-23)22(30)8-9-27(26(33)34)10-12-32(13-11-27)14-15-36-24-5-3-2-4-20(24)28/h2-7,16-17,22H,8-15H2,1H3,(H,33,34). The number of likely N-dealkylation sites (tertiary alicyclic amines) is 1. The number of alkyl halides is 1. The van der Waals surface area contributed by atoms with Gasteiger partial charge in [-0.25, -0.2) is 4.39 Å². The second kappa shape index (κ2) is 12.0. The number of thioether (sulfide) groups is 1. The van der Waals surface area contributed by atoms with E-state index in [1.807, 2.05) is 24.3 Å². The molecule has 36 heavy (non-hydrogen) atoms. The Bertz CT molecular complexity index is 1220. The molecule has 192 valence electrons. The lowest BCUT2D eigenvalue weighted by atomic mass is 9.74. The molecule has 1 aromatic heterocycles. The number of fused-ring (bicyclic) bond motifs is 1. The van der Waals surface area contributed by atoms with Gasteiger partial charge in [0.05, 0.1) is 28.1 Å². The van der Waals surface area contributed by atoms with E-state index in [-0.39, 0.29) is 17.9 Å². The maximum atomic E-state index is 15.6. The fourth-order valence-electron chi connectivity index (χ4n) is 4.78. The summed E-state index contributed by atoms with van der Waals surface area (Å²) in [6, 6.07) is 13.0. The molecule has 0 radical (unpaired) electrons. The van der Waals surface area contributed by atoms with Crippen LogP contribution in [0.1, 0.15) is 37.4 Å². The van der Waals surface area contributed by atoms with Crippen molar-refractivity contribution in [3.63, 3.8) is 0 Å². The topological polar surface area (TPSA) is 62.7 Å². The minimum Gasteiger partial charge on any atom is -0.497 e. The van der Waals surface area contributed by atoms with Crippen molar-refractivity contribution in [3.05, 3.63) is 64.3 Å². The van der Waals surface area contributed by atoms with Crippen LogP contribution in [-0.2, 0) is 4.79 Å². The van der Waals surface area contributed by atoms with Crippen molar-refractivity contribution >= 4 is 51.8 Å². The first-order valence-electron chi connectivity index (χ1n) is 11.9. The number of carbonyl (C=O) groups is 1. The van der Waals surface area contributed by atoms with E-state index in [1.165, 1.54) is 6.20 Å². The number of hydrogen-bond acceptors (Lipinski definition) is 5. The van der Waals surface area contributed by atoms with Crippen LogP contribution in [0, 0.1) is 5.41 Å². The molecular weight excluding hydrogens is 522 g/mol. The van der Waals surface area contributed by atoms with Crippen molar-refractivity contribution in [2.24, 2.45) is 5.41 Å². The summed E-state index contributed by atoms with van der Waals surface area (Å²) < 4.78 is 20.9. The molecule has 0 saturated carbocycles.